The maximum absolute atomic E-state index is 11.5. The fourth-order valence-electron chi connectivity index (χ4n) is 1.95. The van der Waals surface area contributed by atoms with Crippen molar-refractivity contribution in [2.24, 2.45) is 0 Å². The van der Waals surface area contributed by atoms with Crippen LogP contribution in [0.25, 0.3) is 0 Å². The van der Waals surface area contributed by atoms with Crippen molar-refractivity contribution in [3.8, 4) is 5.75 Å². The number of nitrogens with one attached hydrogen (secondary N) is 2. The summed E-state index contributed by atoms with van der Waals surface area (Å²) in [5, 5.41) is 6.24. The Morgan fingerprint density at radius 2 is 1.86 bits per heavy atom. The van der Waals surface area contributed by atoms with Crippen molar-refractivity contribution in [3.63, 3.8) is 0 Å². The van der Waals surface area contributed by atoms with Crippen LogP contribution in [0, 0.1) is 0 Å². The summed E-state index contributed by atoms with van der Waals surface area (Å²) in [5.74, 6) is 1.02. The number of hydrogen-bond donors (Lipinski definition) is 2. The van der Waals surface area contributed by atoms with Gasteiger partial charge in [0.25, 0.3) is 0 Å². The van der Waals surface area contributed by atoms with Crippen LogP contribution < -0.4 is 15.4 Å². The Balaban J connectivity index is 2.31. The topological polar surface area (TPSA) is 50.4 Å². The third-order valence-corrected chi connectivity index (χ3v) is 3.23. The largest absolute Gasteiger partial charge is 0.494 e. The molecule has 2 N–H and O–H groups in total. The quantitative estimate of drug-likeness (QED) is 0.697. The first-order chi connectivity index (χ1) is 10.2. The predicted molar refractivity (Wildman–Crippen MR) is 86.6 cm³/mol. The van der Waals surface area contributed by atoms with Crippen molar-refractivity contribution in [2.45, 2.75) is 46.1 Å². The van der Waals surface area contributed by atoms with E-state index in [9.17, 15) is 4.79 Å². The van der Waals surface area contributed by atoms with Crippen LogP contribution in [0.15, 0.2) is 24.3 Å². The number of hydrogen-bond acceptors (Lipinski definition) is 3. The fraction of sp³-hybridized carbons (Fsp3) is 0.588. The Labute approximate surface area is 128 Å². The van der Waals surface area contributed by atoms with Crippen LogP contribution >= 0.6 is 0 Å². The highest BCUT2D eigenvalue weighted by atomic mass is 16.5. The van der Waals surface area contributed by atoms with Crippen molar-refractivity contribution >= 4 is 5.91 Å². The zero-order valence-corrected chi connectivity index (χ0v) is 13.4. The summed E-state index contributed by atoms with van der Waals surface area (Å²) in [6.45, 7) is 8.44. The SMILES string of the molecule is CCCNC(=O)CCNC(C)c1ccc(OCCC)cc1. The van der Waals surface area contributed by atoms with Gasteiger partial charge in [0.05, 0.1) is 6.61 Å². The van der Waals surface area contributed by atoms with E-state index in [2.05, 4.69) is 43.5 Å². The van der Waals surface area contributed by atoms with E-state index in [0.717, 1.165) is 31.7 Å². The van der Waals surface area contributed by atoms with Gasteiger partial charge in [0.2, 0.25) is 5.91 Å². The van der Waals surface area contributed by atoms with Crippen LogP contribution in [0.3, 0.4) is 0 Å². The van der Waals surface area contributed by atoms with Crippen molar-refractivity contribution in [2.75, 3.05) is 19.7 Å². The second kappa shape index (κ2) is 10.2. The summed E-state index contributed by atoms with van der Waals surface area (Å²) in [4.78, 5) is 11.5. The van der Waals surface area contributed by atoms with E-state index in [1.165, 1.54) is 5.56 Å². The van der Waals surface area contributed by atoms with E-state index < -0.39 is 0 Å². The molecule has 0 spiro atoms. The molecule has 0 aliphatic carbocycles. The molecule has 118 valence electrons. The summed E-state index contributed by atoms with van der Waals surface area (Å²) >= 11 is 0. The molecule has 0 fully saturated rings. The van der Waals surface area contributed by atoms with E-state index in [-0.39, 0.29) is 11.9 Å². The molecular formula is C17H28N2O2. The molecule has 1 aromatic carbocycles. The maximum atomic E-state index is 11.5. The number of carbonyl (C=O) groups is 1. The van der Waals surface area contributed by atoms with Gasteiger partial charge in [-0.15, -0.1) is 0 Å². The molecule has 1 rings (SSSR count). The second-order valence-electron chi connectivity index (χ2n) is 5.19. The average molecular weight is 292 g/mol. The highest BCUT2D eigenvalue weighted by Gasteiger charge is 2.06. The molecule has 0 saturated heterocycles. The first-order valence-corrected chi connectivity index (χ1v) is 7.90. The van der Waals surface area contributed by atoms with Gasteiger partial charge >= 0.3 is 0 Å². The molecular weight excluding hydrogens is 264 g/mol. The minimum absolute atomic E-state index is 0.111. The van der Waals surface area contributed by atoms with Crippen LogP contribution in [-0.2, 0) is 4.79 Å². The van der Waals surface area contributed by atoms with Crippen LogP contribution in [0.2, 0.25) is 0 Å². The van der Waals surface area contributed by atoms with Crippen LogP contribution in [0.1, 0.15) is 51.6 Å². The summed E-state index contributed by atoms with van der Waals surface area (Å²) in [6, 6.07) is 8.36. The molecule has 0 radical (unpaired) electrons. The third kappa shape index (κ3) is 7.14. The number of rotatable bonds is 10. The van der Waals surface area contributed by atoms with Gasteiger partial charge in [-0.25, -0.2) is 0 Å². The van der Waals surface area contributed by atoms with Gasteiger partial charge in [-0.1, -0.05) is 26.0 Å². The van der Waals surface area contributed by atoms with Crippen molar-refractivity contribution in [1.82, 2.24) is 10.6 Å². The molecule has 0 heterocycles. The number of ether oxygens (including phenoxy) is 1. The molecule has 0 saturated carbocycles. The molecule has 1 unspecified atom stereocenters. The minimum Gasteiger partial charge on any atom is -0.494 e. The molecule has 0 bridgehead atoms. The normalized spacial score (nSPS) is 12.0. The molecule has 4 heteroatoms. The molecule has 1 aromatic rings. The summed E-state index contributed by atoms with van der Waals surface area (Å²) in [6.07, 6.45) is 2.50. The highest BCUT2D eigenvalue weighted by molar-refractivity contribution is 5.75. The summed E-state index contributed by atoms with van der Waals surface area (Å²) in [7, 11) is 0. The molecule has 0 aliphatic heterocycles. The Morgan fingerprint density at radius 1 is 1.14 bits per heavy atom. The first kappa shape index (κ1) is 17.5. The lowest BCUT2D eigenvalue weighted by Gasteiger charge is -2.15. The first-order valence-electron chi connectivity index (χ1n) is 7.90. The van der Waals surface area contributed by atoms with E-state index in [1.54, 1.807) is 0 Å². The smallest absolute Gasteiger partial charge is 0.221 e. The van der Waals surface area contributed by atoms with Crippen molar-refractivity contribution < 1.29 is 9.53 Å². The zero-order valence-electron chi connectivity index (χ0n) is 13.4. The van der Waals surface area contributed by atoms with Crippen LogP contribution in [0.5, 0.6) is 5.75 Å². The zero-order chi connectivity index (χ0) is 15.5. The average Bonchev–Trinajstić information content (AvgIpc) is 2.51. The van der Waals surface area contributed by atoms with E-state index in [0.29, 0.717) is 13.0 Å². The molecule has 21 heavy (non-hydrogen) atoms. The number of amides is 1. The van der Waals surface area contributed by atoms with E-state index in [1.807, 2.05) is 12.1 Å². The fourth-order valence-corrected chi connectivity index (χ4v) is 1.95. The Morgan fingerprint density at radius 3 is 2.48 bits per heavy atom. The maximum Gasteiger partial charge on any atom is 0.221 e. The minimum atomic E-state index is 0.111. The third-order valence-electron chi connectivity index (χ3n) is 3.23. The van der Waals surface area contributed by atoms with Gasteiger partial charge in [-0.05, 0) is 37.5 Å². The molecule has 4 nitrogen and oxygen atoms in total. The Kier molecular flexibility index (Phi) is 8.51. The summed E-state index contributed by atoms with van der Waals surface area (Å²) in [5.41, 5.74) is 1.20. The van der Waals surface area contributed by atoms with E-state index >= 15 is 0 Å². The monoisotopic (exact) mass is 292 g/mol. The standard InChI is InChI=1S/C17H28N2O2/c1-4-11-19-17(20)10-12-18-14(3)15-6-8-16(9-7-15)21-13-5-2/h6-9,14,18H,4-5,10-13H2,1-3H3,(H,19,20). The van der Waals surface area contributed by atoms with Crippen molar-refractivity contribution in [1.29, 1.82) is 0 Å². The van der Waals surface area contributed by atoms with Gasteiger partial charge in [-0.3, -0.25) is 4.79 Å². The molecule has 0 aliphatic rings. The lowest BCUT2D eigenvalue weighted by Crippen LogP contribution is -2.29. The second-order valence-corrected chi connectivity index (χ2v) is 5.19. The molecule has 0 aromatic heterocycles. The van der Waals surface area contributed by atoms with Gasteiger partial charge in [0.1, 0.15) is 5.75 Å². The predicted octanol–water partition coefficient (Wildman–Crippen LogP) is 3.04. The van der Waals surface area contributed by atoms with Gasteiger partial charge < -0.3 is 15.4 Å². The number of carbonyl (C=O) groups excluding carboxylic acids is 1. The molecule has 1 atom stereocenters. The Hall–Kier alpha value is -1.55. The van der Waals surface area contributed by atoms with Crippen molar-refractivity contribution in [3.05, 3.63) is 29.8 Å². The Bertz CT molecular complexity index is 404. The van der Waals surface area contributed by atoms with Crippen LogP contribution in [-0.4, -0.2) is 25.6 Å². The van der Waals surface area contributed by atoms with Gasteiger partial charge in [-0.2, -0.15) is 0 Å². The van der Waals surface area contributed by atoms with E-state index in [4.69, 9.17) is 4.74 Å². The summed E-state index contributed by atoms with van der Waals surface area (Å²) < 4.78 is 5.57. The lowest BCUT2D eigenvalue weighted by atomic mass is 10.1. The van der Waals surface area contributed by atoms with Gasteiger partial charge in [0, 0.05) is 25.6 Å². The highest BCUT2D eigenvalue weighted by Crippen LogP contribution is 2.17. The molecule has 1 amide bonds. The lowest BCUT2D eigenvalue weighted by molar-refractivity contribution is -0.121. The van der Waals surface area contributed by atoms with Gasteiger partial charge in [0.15, 0.2) is 0 Å². The number of benzene rings is 1. The van der Waals surface area contributed by atoms with Crippen LogP contribution in [0.4, 0.5) is 0 Å².